The summed E-state index contributed by atoms with van der Waals surface area (Å²) in [5.41, 5.74) is -0.649. The molecule has 2 aromatic rings. The number of hydrogen-bond donors (Lipinski definition) is 1. The summed E-state index contributed by atoms with van der Waals surface area (Å²) in [5, 5.41) is 2.21. The summed E-state index contributed by atoms with van der Waals surface area (Å²) >= 11 is 0. The maximum atomic E-state index is 13.3. The molecule has 0 saturated carbocycles. The molecular weight excluding hydrogens is 402 g/mol. The molecule has 0 heterocycles. The number of amides is 2. The van der Waals surface area contributed by atoms with Gasteiger partial charge in [0.1, 0.15) is 5.82 Å². The molecule has 30 heavy (non-hydrogen) atoms. The van der Waals surface area contributed by atoms with Crippen molar-refractivity contribution in [2.75, 3.05) is 26.0 Å². The molecule has 1 atom stereocenters. The molecule has 5 nitrogen and oxygen atoms in total. The number of rotatable bonds is 7. The van der Waals surface area contributed by atoms with Gasteiger partial charge in [0.05, 0.1) is 23.8 Å². The van der Waals surface area contributed by atoms with Gasteiger partial charge in [-0.05, 0) is 43.8 Å². The first-order valence-corrected chi connectivity index (χ1v) is 9.14. The minimum Gasteiger partial charge on any atom is -0.335 e. The monoisotopic (exact) mass is 425 g/mol. The minimum atomic E-state index is -4.61. The van der Waals surface area contributed by atoms with E-state index in [-0.39, 0.29) is 11.5 Å². The zero-order chi connectivity index (χ0) is 22.5. The lowest BCUT2D eigenvalue weighted by Crippen LogP contribution is -2.46. The van der Waals surface area contributed by atoms with Crippen molar-refractivity contribution < 1.29 is 27.2 Å². The summed E-state index contributed by atoms with van der Waals surface area (Å²) in [6, 6.07) is 9.98. The van der Waals surface area contributed by atoms with Crippen LogP contribution in [0.2, 0.25) is 0 Å². The fourth-order valence-corrected chi connectivity index (χ4v) is 2.89. The van der Waals surface area contributed by atoms with Crippen LogP contribution in [0.25, 0.3) is 0 Å². The quantitative estimate of drug-likeness (QED) is 0.688. The number of carbonyl (C=O) groups is 2. The Balaban J connectivity index is 1.97. The summed E-state index contributed by atoms with van der Waals surface area (Å²) in [6.45, 7) is 1.53. The van der Waals surface area contributed by atoms with Crippen molar-refractivity contribution in [1.29, 1.82) is 0 Å². The first-order chi connectivity index (χ1) is 14.0. The van der Waals surface area contributed by atoms with E-state index >= 15 is 0 Å². The topological polar surface area (TPSA) is 52.7 Å². The standard InChI is InChI=1S/C21H23F4N3O2/c1-14(27(2)12-15-7-6-8-16(22)11-15)20(30)28(3)13-19(29)26-18-10-5-4-9-17(18)21(23,24)25/h4-11,14H,12-13H2,1-3H3,(H,26,29). The van der Waals surface area contributed by atoms with Crippen molar-refractivity contribution >= 4 is 17.5 Å². The number of para-hydroxylation sites is 1. The number of hydrogen-bond acceptors (Lipinski definition) is 3. The van der Waals surface area contributed by atoms with Crippen molar-refractivity contribution in [1.82, 2.24) is 9.80 Å². The fraction of sp³-hybridized carbons (Fsp3) is 0.333. The van der Waals surface area contributed by atoms with Crippen molar-refractivity contribution in [3.8, 4) is 0 Å². The van der Waals surface area contributed by atoms with Crippen LogP contribution in [0.1, 0.15) is 18.1 Å². The summed E-state index contributed by atoms with van der Waals surface area (Å²) < 4.78 is 52.5. The van der Waals surface area contributed by atoms with Gasteiger partial charge in [-0.2, -0.15) is 13.2 Å². The van der Waals surface area contributed by atoms with Gasteiger partial charge >= 0.3 is 6.18 Å². The summed E-state index contributed by atoms with van der Waals surface area (Å²) in [5.74, 6) is -1.52. The molecule has 0 aliphatic heterocycles. The Kier molecular flexibility index (Phi) is 7.55. The molecule has 2 aromatic carbocycles. The largest absolute Gasteiger partial charge is 0.418 e. The first-order valence-electron chi connectivity index (χ1n) is 9.14. The average Bonchev–Trinajstić information content (AvgIpc) is 2.66. The van der Waals surface area contributed by atoms with Crippen molar-refractivity contribution in [2.24, 2.45) is 0 Å². The molecule has 0 saturated heterocycles. The molecule has 0 bridgehead atoms. The van der Waals surface area contributed by atoms with Gasteiger partial charge in [-0.3, -0.25) is 14.5 Å². The molecule has 2 amide bonds. The highest BCUT2D eigenvalue weighted by Crippen LogP contribution is 2.34. The van der Waals surface area contributed by atoms with Gasteiger partial charge in [-0.1, -0.05) is 24.3 Å². The van der Waals surface area contributed by atoms with Crippen LogP contribution in [-0.4, -0.2) is 48.3 Å². The van der Waals surface area contributed by atoms with E-state index in [1.165, 1.54) is 31.3 Å². The molecule has 0 aromatic heterocycles. The predicted octanol–water partition coefficient (Wildman–Crippen LogP) is 3.76. The Morgan fingerprint density at radius 2 is 1.73 bits per heavy atom. The average molecular weight is 425 g/mol. The van der Waals surface area contributed by atoms with Crippen LogP contribution >= 0.6 is 0 Å². The molecule has 0 aliphatic carbocycles. The highest BCUT2D eigenvalue weighted by atomic mass is 19.4. The lowest BCUT2D eigenvalue weighted by Gasteiger charge is -2.28. The summed E-state index contributed by atoms with van der Waals surface area (Å²) in [6.07, 6.45) is -4.61. The van der Waals surface area contributed by atoms with Crippen molar-refractivity contribution in [3.63, 3.8) is 0 Å². The number of likely N-dealkylation sites (N-methyl/N-ethyl adjacent to an activating group) is 2. The van der Waals surface area contributed by atoms with Gasteiger partial charge in [0.15, 0.2) is 0 Å². The second kappa shape index (κ2) is 9.71. The molecule has 0 spiro atoms. The number of alkyl halides is 3. The van der Waals surface area contributed by atoms with Crippen molar-refractivity contribution in [2.45, 2.75) is 25.7 Å². The predicted molar refractivity (Wildman–Crippen MR) is 105 cm³/mol. The number of halogens is 4. The lowest BCUT2D eigenvalue weighted by atomic mass is 10.1. The Morgan fingerprint density at radius 1 is 1.07 bits per heavy atom. The van der Waals surface area contributed by atoms with Gasteiger partial charge < -0.3 is 10.2 Å². The van der Waals surface area contributed by atoms with E-state index in [9.17, 15) is 27.2 Å². The van der Waals surface area contributed by atoms with Crippen LogP contribution in [0.15, 0.2) is 48.5 Å². The van der Waals surface area contributed by atoms with E-state index in [0.717, 1.165) is 17.0 Å². The SMILES string of the molecule is CC(C(=O)N(C)CC(=O)Nc1ccccc1C(F)(F)F)N(C)Cc1cccc(F)c1. The first kappa shape index (κ1) is 23.3. The molecular formula is C21H23F4N3O2. The van der Waals surface area contributed by atoms with Gasteiger partial charge in [0.25, 0.3) is 0 Å². The maximum absolute atomic E-state index is 13.3. The zero-order valence-electron chi connectivity index (χ0n) is 16.8. The van der Waals surface area contributed by atoms with E-state index in [0.29, 0.717) is 12.1 Å². The van der Waals surface area contributed by atoms with Crippen LogP contribution in [0.4, 0.5) is 23.2 Å². The van der Waals surface area contributed by atoms with E-state index in [4.69, 9.17) is 0 Å². The normalized spacial score (nSPS) is 12.5. The van der Waals surface area contributed by atoms with Gasteiger partial charge in [-0.15, -0.1) is 0 Å². The van der Waals surface area contributed by atoms with E-state index < -0.39 is 36.1 Å². The molecule has 0 fully saturated rings. The van der Waals surface area contributed by atoms with E-state index in [1.54, 1.807) is 31.0 Å². The third kappa shape index (κ3) is 6.28. The number of nitrogens with one attached hydrogen (secondary N) is 1. The number of anilines is 1. The van der Waals surface area contributed by atoms with E-state index in [2.05, 4.69) is 5.32 Å². The third-order valence-corrected chi connectivity index (χ3v) is 4.60. The number of carbonyl (C=O) groups excluding carboxylic acids is 2. The van der Waals surface area contributed by atoms with E-state index in [1.807, 2.05) is 0 Å². The Labute approximate surface area is 172 Å². The summed E-state index contributed by atoms with van der Waals surface area (Å²) in [4.78, 5) is 27.6. The maximum Gasteiger partial charge on any atom is 0.418 e. The molecule has 162 valence electrons. The molecule has 9 heteroatoms. The van der Waals surface area contributed by atoms with Crippen LogP contribution in [0.5, 0.6) is 0 Å². The Bertz CT molecular complexity index is 902. The second-order valence-corrected chi connectivity index (χ2v) is 7.01. The lowest BCUT2D eigenvalue weighted by molar-refractivity contribution is -0.138. The van der Waals surface area contributed by atoms with Crippen LogP contribution < -0.4 is 5.32 Å². The molecule has 0 aliphatic rings. The van der Waals surface area contributed by atoms with Gasteiger partial charge in [-0.25, -0.2) is 4.39 Å². The highest BCUT2D eigenvalue weighted by Gasteiger charge is 2.33. The summed E-state index contributed by atoms with van der Waals surface area (Å²) in [7, 11) is 3.07. The Morgan fingerprint density at radius 3 is 2.37 bits per heavy atom. The highest BCUT2D eigenvalue weighted by molar-refractivity contribution is 5.95. The minimum absolute atomic E-state index is 0.309. The van der Waals surface area contributed by atoms with Crippen molar-refractivity contribution in [3.05, 3.63) is 65.5 Å². The zero-order valence-corrected chi connectivity index (χ0v) is 16.8. The molecule has 2 rings (SSSR count). The van der Waals surface area contributed by atoms with Gasteiger partial charge in [0.2, 0.25) is 11.8 Å². The number of nitrogens with zero attached hydrogens (tertiary/aromatic N) is 2. The molecule has 0 radical (unpaired) electrons. The third-order valence-electron chi connectivity index (χ3n) is 4.60. The Hall–Kier alpha value is -2.94. The number of benzene rings is 2. The second-order valence-electron chi connectivity index (χ2n) is 7.01. The van der Waals surface area contributed by atoms with Gasteiger partial charge in [0, 0.05) is 13.6 Å². The van der Waals surface area contributed by atoms with Crippen LogP contribution in [-0.2, 0) is 22.3 Å². The van der Waals surface area contributed by atoms with Crippen LogP contribution in [0.3, 0.4) is 0 Å². The molecule has 1 unspecified atom stereocenters. The van der Waals surface area contributed by atoms with Crippen LogP contribution in [0, 0.1) is 5.82 Å². The molecule has 1 N–H and O–H groups in total. The smallest absolute Gasteiger partial charge is 0.335 e. The fourth-order valence-electron chi connectivity index (χ4n) is 2.89.